The first-order valence-electron chi connectivity index (χ1n) is 7.37. The van der Waals surface area contributed by atoms with Crippen LogP contribution >= 0.6 is 0 Å². The Labute approximate surface area is 114 Å². The van der Waals surface area contributed by atoms with Crippen molar-refractivity contribution >= 4 is 0 Å². The van der Waals surface area contributed by atoms with E-state index >= 15 is 0 Å². The second kappa shape index (κ2) is 4.24. The number of hydrogen-bond donors (Lipinski definition) is 1. The van der Waals surface area contributed by atoms with Crippen LogP contribution in [0.5, 0.6) is 0 Å². The van der Waals surface area contributed by atoms with Crippen LogP contribution in [0.1, 0.15) is 53.7 Å². The molecule has 2 unspecified atom stereocenters. The van der Waals surface area contributed by atoms with Gasteiger partial charge in [-0.05, 0) is 54.9 Å². The topological polar surface area (TPSA) is 30.9 Å². The Bertz CT molecular complexity index is 611. The normalized spacial score (nSPS) is 25.1. The molecule has 0 saturated carbocycles. The highest BCUT2D eigenvalue weighted by Crippen LogP contribution is 2.38. The first-order valence-corrected chi connectivity index (χ1v) is 7.37. The van der Waals surface area contributed by atoms with Crippen LogP contribution in [-0.2, 0) is 12.8 Å². The van der Waals surface area contributed by atoms with E-state index in [2.05, 4.69) is 41.1 Å². The Hall–Kier alpha value is -1.54. The molecule has 98 valence electrons. The van der Waals surface area contributed by atoms with Gasteiger partial charge in [-0.3, -0.25) is 0 Å². The van der Waals surface area contributed by atoms with Gasteiger partial charge in [0.1, 0.15) is 0 Å². The Morgan fingerprint density at radius 2 is 1.89 bits per heavy atom. The van der Waals surface area contributed by atoms with E-state index in [1.54, 1.807) is 0 Å². The summed E-state index contributed by atoms with van der Waals surface area (Å²) in [5, 5.41) is 0. The van der Waals surface area contributed by atoms with Gasteiger partial charge < -0.3 is 10.3 Å². The lowest BCUT2D eigenvalue weighted by molar-refractivity contribution is 0.508. The van der Waals surface area contributed by atoms with Crippen LogP contribution in [0.2, 0.25) is 0 Å². The lowest BCUT2D eigenvalue weighted by atomic mass is 9.93. The van der Waals surface area contributed by atoms with E-state index in [1.165, 1.54) is 48.1 Å². The van der Waals surface area contributed by atoms with Crippen LogP contribution in [0.4, 0.5) is 0 Å². The summed E-state index contributed by atoms with van der Waals surface area (Å²) in [6, 6.07) is 11.9. The van der Waals surface area contributed by atoms with Crippen molar-refractivity contribution in [3.05, 3.63) is 58.9 Å². The molecule has 19 heavy (non-hydrogen) atoms. The van der Waals surface area contributed by atoms with Gasteiger partial charge >= 0.3 is 0 Å². The largest absolute Gasteiger partial charge is 0.344 e. The molecular formula is C17H20N2. The van der Waals surface area contributed by atoms with E-state index < -0.39 is 0 Å². The molecular weight excluding hydrogens is 232 g/mol. The molecule has 0 radical (unpaired) electrons. The van der Waals surface area contributed by atoms with Crippen LogP contribution in [0, 0.1) is 0 Å². The number of nitrogens with two attached hydrogens (primary N) is 1. The summed E-state index contributed by atoms with van der Waals surface area (Å²) >= 11 is 0. The second-order valence-corrected chi connectivity index (χ2v) is 5.88. The summed E-state index contributed by atoms with van der Waals surface area (Å²) in [5.41, 5.74) is 12.1. The molecule has 2 heteroatoms. The highest BCUT2D eigenvalue weighted by atomic mass is 15.0. The zero-order valence-electron chi connectivity index (χ0n) is 11.2. The van der Waals surface area contributed by atoms with Crippen molar-refractivity contribution < 1.29 is 0 Å². The number of rotatable bonds is 1. The zero-order valence-corrected chi connectivity index (χ0v) is 11.2. The fourth-order valence-corrected chi connectivity index (χ4v) is 3.87. The molecule has 2 nitrogen and oxygen atoms in total. The minimum absolute atomic E-state index is 0.252. The maximum atomic E-state index is 6.24. The average Bonchev–Trinajstić information content (AvgIpc) is 3.02. The highest BCUT2D eigenvalue weighted by Gasteiger charge is 2.28. The summed E-state index contributed by atoms with van der Waals surface area (Å²) < 4.78 is 2.50. The smallest absolute Gasteiger partial charge is 0.0588 e. The Morgan fingerprint density at radius 3 is 2.84 bits per heavy atom. The van der Waals surface area contributed by atoms with Crippen molar-refractivity contribution in [2.24, 2.45) is 5.73 Å². The van der Waals surface area contributed by atoms with Gasteiger partial charge in [-0.25, -0.2) is 0 Å². The van der Waals surface area contributed by atoms with Gasteiger partial charge in [0.15, 0.2) is 0 Å². The molecule has 0 saturated heterocycles. The fraction of sp³-hybridized carbons (Fsp3) is 0.412. The van der Waals surface area contributed by atoms with Crippen LogP contribution < -0.4 is 5.73 Å². The molecule has 1 aromatic carbocycles. The third-order valence-electron chi connectivity index (χ3n) is 4.82. The summed E-state index contributed by atoms with van der Waals surface area (Å²) in [7, 11) is 0. The standard InChI is InChI=1S/C17H20N2/c18-15-6-3-7-16-14(15)10-11-19(16)17-9-8-12-4-1-2-5-13(12)17/h1-2,4-5,10-11,15,17H,3,6-9,18H2. The van der Waals surface area contributed by atoms with Crippen molar-refractivity contribution in [1.29, 1.82) is 0 Å². The van der Waals surface area contributed by atoms with Gasteiger partial charge in [0, 0.05) is 17.9 Å². The van der Waals surface area contributed by atoms with Gasteiger partial charge in [-0.15, -0.1) is 0 Å². The summed E-state index contributed by atoms with van der Waals surface area (Å²) in [6.45, 7) is 0. The Balaban J connectivity index is 1.79. The minimum atomic E-state index is 0.252. The van der Waals surface area contributed by atoms with E-state index in [-0.39, 0.29) is 6.04 Å². The minimum Gasteiger partial charge on any atom is -0.344 e. The highest BCUT2D eigenvalue weighted by molar-refractivity contribution is 5.38. The van der Waals surface area contributed by atoms with Gasteiger partial charge in [-0.1, -0.05) is 24.3 Å². The Morgan fingerprint density at radius 1 is 1.00 bits per heavy atom. The summed E-state index contributed by atoms with van der Waals surface area (Å²) in [5.74, 6) is 0. The quantitative estimate of drug-likeness (QED) is 0.829. The van der Waals surface area contributed by atoms with Gasteiger partial charge in [0.2, 0.25) is 0 Å². The van der Waals surface area contributed by atoms with Gasteiger partial charge in [-0.2, -0.15) is 0 Å². The van der Waals surface area contributed by atoms with Crippen molar-refractivity contribution in [3.63, 3.8) is 0 Å². The van der Waals surface area contributed by atoms with Crippen molar-refractivity contribution in [2.75, 3.05) is 0 Å². The molecule has 2 aromatic rings. The molecule has 0 bridgehead atoms. The zero-order chi connectivity index (χ0) is 12.8. The SMILES string of the molecule is NC1CCCc2c1ccn2C1CCc2ccccc21. The molecule has 0 spiro atoms. The molecule has 4 rings (SSSR count). The number of aromatic nitrogens is 1. The van der Waals surface area contributed by atoms with E-state index in [0.29, 0.717) is 6.04 Å². The maximum absolute atomic E-state index is 6.24. The average molecular weight is 252 g/mol. The lowest BCUT2D eigenvalue weighted by Gasteiger charge is -2.24. The van der Waals surface area contributed by atoms with E-state index in [9.17, 15) is 0 Å². The molecule has 1 aromatic heterocycles. The maximum Gasteiger partial charge on any atom is 0.0588 e. The number of nitrogens with zero attached hydrogens (tertiary/aromatic N) is 1. The molecule has 2 N–H and O–H groups in total. The van der Waals surface area contributed by atoms with Crippen LogP contribution in [0.25, 0.3) is 0 Å². The molecule has 2 aliphatic carbocycles. The van der Waals surface area contributed by atoms with Gasteiger partial charge in [0.05, 0.1) is 6.04 Å². The monoisotopic (exact) mass is 252 g/mol. The summed E-state index contributed by atoms with van der Waals surface area (Å²) in [4.78, 5) is 0. The van der Waals surface area contributed by atoms with Crippen molar-refractivity contribution in [2.45, 2.75) is 44.2 Å². The van der Waals surface area contributed by atoms with E-state index in [1.807, 2.05) is 0 Å². The third-order valence-corrected chi connectivity index (χ3v) is 4.82. The van der Waals surface area contributed by atoms with Crippen LogP contribution in [0.15, 0.2) is 36.5 Å². The number of fused-ring (bicyclic) bond motifs is 2. The molecule has 2 aliphatic rings. The van der Waals surface area contributed by atoms with Crippen LogP contribution in [0.3, 0.4) is 0 Å². The lowest BCUT2D eigenvalue weighted by Crippen LogP contribution is -2.19. The predicted octanol–water partition coefficient (Wildman–Crippen LogP) is 3.36. The van der Waals surface area contributed by atoms with Crippen LogP contribution in [-0.4, -0.2) is 4.57 Å². The second-order valence-electron chi connectivity index (χ2n) is 5.88. The van der Waals surface area contributed by atoms with E-state index in [4.69, 9.17) is 5.73 Å². The first kappa shape index (κ1) is 11.3. The molecule has 0 aliphatic heterocycles. The predicted molar refractivity (Wildman–Crippen MR) is 77.2 cm³/mol. The van der Waals surface area contributed by atoms with Crippen molar-refractivity contribution in [1.82, 2.24) is 4.57 Å². The molecule has 2 atom stereocenters. The first-order chi connectivity index (χ1) is 9.34. The Kier molecular flexibility index (Phi) is 2.52. The van der Waals surface area contributed by atoms with E-state index in [0.717, 1.165) is 6.42 Å². The number of hydrogen-bond acceptors (Lipinski definition) is 1. The van der Waals surface area contributed by atoms with Crippen molar-refractivity contribution in [3.8, 4) is 0 Å². The number of aryl methyl sites for hydroxylation is 1. The fourth-order valence-electron chi connectivity index (χ4n) is 3.87. The molecule has 0 fully saturated rings. The van der Waals surface area contributed by atoms with Gasteiger partial charge in [0.25, 0.3) is 0 Å². The number of benzene rings is 1. The third kappa shape index (κ3) is 1.67. The summed E-state index contributed by atoms with van der Waals surface area (Å²) in [6.07, 6.45) is 8.26. The molecule has 0 amide bonds. The molecule has 1 heterocycles.